The first-order valence-electron chi connectivity index (χ1n) is 6.71. The van der Waals surface area contributed by atoms with Gasteiger partial charge in [0.15, 0.2) is 11.3 Å². The SMILES string of the molecule is Cn1nnc2c(C(=O)NOCC3=CCCC=C3)ncn2c1=O. The Morgan fingerprint density at radius 3 is 3.09 bits per heavy atom. The molecule has 22 heavy (non-hydrogen) atoms. The Labute approximate surface area is 124 Å². The number of fused-ring (bicyclic) bond motifs is 1. The van der Waals surface area contributed by atoms with Crippen LogP contribution in [0.3, 0.4) is 0 Å². The fourth-order valence-corrected chi connectivity index (χ4v) is 2.05. The first kappa shape index (κ1) is 14.1. The molecule has 0 aromatic carbocycles. The summed E-state index contributed by atoms with van der Waals surface area (Å²) in [4.78, 5) is 32.9. The molecule has 0 saturated carbocycles. The van der Waals surface area contributed by atoms with Gasteiger partial charge in [0.25, 0.3) is 5.91 Å². The average molecular weight is 302 g/mol. The van der Waals surface area contributed by atoms with Crippen LogP contribution in [0.25, 0.3) is 5.65 Å². The minimum Gasteiger partial charge on any atom is -0.269 e. The zero-order valence-electron chi connectivity index (χ0n) is 11.9. The number of hydroxylamine groups is 1. The highest BCUT2D eigenvalue weighted by molar-refractivity contribution is 5.97. The van der Waals surface area contributed by atoms with E-state index in [1.165, 1.54) is 13.4 Å². The highest BCUT2D eigenvalue weighted by Crippen LogP contribution is 2.09. The van der Waals surface area contributed by atoms with Gasteiger partial charge < -0.3 is 0 Å². The Hall–Kier alpha value is -2.81. The quantitative estimate of drug-likeness (QED) is 0.782. The van der Waals surface area contributed by atoms with Gasteiger partial charge in [-0.15, -0.1) is 5.10 Å². The van der Waals surface area contributed by atoms with Crippen LogP contribution in [0.15, 0.2) is 34.9 Å². The number of nitrogens with one attached hydrogen (secondary N) is 1. The molecule has 2 aromatic heterocycles. The maximum absolute atomic E-state index is 12.0. The number of amides is 1. The number of hydrogen-bond acceptors (Lipinski definition) is 6. The fourth-order valence-electron chi connectivity index (χ4n) is 2.05. The Morgan fingerprint density at radius 2 is 2.32 bits per heavy atom. The predicted molar refractivity (Wildman–Crippen MR) is 75.9 cm³/mol. The maximum atomic E-state index is 12.0. The van der Waals surface area contributed by atoms with Gasteiger partial charge in [-0.1, -0.05) is 23.4 Å². The zero-order valence-corrected chi connectivity index (χ0v) is 11.9. The molecule has 114 valence electrons. The Balaban J connectivity index is 1.70. The van der Waals surface area contributed by atoms with Crippen molar-refractivity contribution in [1.82, 2.24) is 29.9 Å². The molecule has 0 unspecified atom stereocenters. The molecule has 3 rings (SSSR count). The first-order valence-corrected chi connectivity index (χ1v) is 6.71. The van der Waals surface area contributed by atoms with Gasteiger partial charge in [0, 0.05) is 7.05 Å². The van der Waals surface area contributed by atoms with E-state index in [-0.39, 0.29) is 17.9 Å². The zero-order chi connectivity index (χ0) is 15.5. The van der Waals surface area contributed by atoms with E-state index >= 15 is 0 Å². The lowest BCUT2D eigenvalue weighted by Crippen LogP contribution is -2.29. The predicted octanol–water partition coefficient (Wildman–Crippen LogP) is -0.239. The summed E-state index contributed by atoms with van der Waals surface area (Å²) in [5.74, 6) is -0.578. The molecule has 0 spiro atoms. The topological polar surface area (TPSA) is 103 Å². The van der Waals surface area contributed by atoms with E-state index in [1.807, 2.05) is 12.2 Å². The minimum atomic E-state index is -0.578. The van der Waals surface area contributed by atoms with Gasteiger partial charge in [-0.25, -0.2) is 19.7 Å². The van der Waals surface area contributed by atoms with Crippen LogP contribution >= 0.6 is 0 Å². The monoisotopic (exact) mass is 302 g/mol. The van der Waals surface area contributed by atoms with Crippen molar-refractivity contribution in [1.29, 1.82) is 0 Å². The van der Waals surface area contributed by atoms with Crippen LogP contribution in [0.5, 0.6) is 0 Å². The van der Waals surface area contributed by atoms with E-state index in [2.05, 4.69) is 26.9 Å². The molecule has 0 fully saturated rings. The summed E-state index contributed by atoms with van der Waals surface area (Å²) >= 11 is 0. The largest absolute Gasteiger partial charge is 0.352 e. The van der Waals surface area contributed by atoms with Crippen molar-refractivity contribution in [2.75, 3.05) is 6.61 Å². The van der Waals surface area contributed by atoms with Crippen molar-refractivity contribution in [3.8, 4) is 0 Å². The van der Waals surface area contributed by atoms with Crippen LogP contribution in [0.1, 0.15) is 23.3 Å². The highest BCUT2D eigenvalue weighted by atomic mass is 16.6. The molecule has 9 heteroatoms. The highest BCUT2D eigenvalue weighted by Gasteiger charge is 2.17. The molecule has 0 radical (unpaired) electrons. The van der Waals surface area contributed by atoms with Gasteiger partial charge in [-0.05, 0) is 18.4 Å². The van der Waals surface area contributed by atoms with Crippen molar-refractivity contribution in [3.63, 3.8) is 0 Å². The third kappa shape index (κ3) is 2.66. The van der Waals surface area contributed by atoms with Crippen molar-refractivity contribution in [2.24, 2.45) is 7.05 Å². The van der Waals surface area contributed by atoms with E-state index in [0.29, 0.717) is 0 Å². The van der Waals surface area contributed by atoms with Crippen molar-refractivity contribution in [3.05, 3.63) is 46.3 Å². The number of carbonyl (C=O) groups is 1. The van der Waals surface area contributed by atoms with Crippen LogP contribution in [-0.2, 0) is 11.9 Å². The summed E-state index contributed by atoms with van der Waals surface area (Å²) in [5.41, 5.74) is 2.92. The van der Waals surface area contributed by atoms with Gasteiger partial charge in [-0.3, -0.25) is 9.63 Å². The van der Waals surface area contributed by atoms with E-state index in [1.54, 1.807) is 0 Å². The molecular weight excluding hydrogens is 288 g/mol. The number of carbonyl (C=O) groups excluding carboxylic acids is 1. The summed E-state index contributed by atoms with van der Waals surface area (Å²) in [5, 5.41) is 7.43. The fraction of sp³-hybridized carbons (Fsp3) is 0.308. The number of aromatic nitrogens is 5. The second kappa shape index (κ2) is 5.90. The lowest BCUT2D eigenvalue weighted by atomic mass is 10.1. The second-order valence-corrected chi connectivity index (χ2v) is 4.76. The number of rotatable bonds is 4. The molecule has 9 nitrogen and oxygen atoms in total. The number of nitrogens with zero attached hydrogens (tertiary/aromatic N) is 5. The Bertz CT molecular complexity index is 832. The summed E-state index contributed by atoms with van der Waals surface area (Å²) in [7, 11) is 1.46. The van der Waals surface area contributed by atoms with Crippen LogP contribution in [0.2, 0.25) is 0 Å². The van der Waals surface area contributed by atoms with Crippen LogP contribution in [0.4, 0.5) is 0 Å². The van der Waals surface area contributed by atoms with Gasteiger partial charge in [-0.2, -0.15) is 4.68 Å². The molecule has 1 aliphatic rings. The van der Waals surface area contributed by atoms with E-state index in [4.69, 9.17) is 4.84 Å². The molecule has 1 N–H and O–H groups in total. The average Bonchev–Trinajstić information content (AvgIpc) is 2.96. The van der Waals surface area contributed by atoms with E-state index in [0.717, 1.165) is 27.5 Å². The minimum absolute atomic E-state index is 0.0154. The molecule has 0 bridgehead atoms. The third-order valence-corrected chi connectivity index (χ3v) is 3.19. The van der Waals surface area contributed by atoms with E-state index < -0.39 is 11.6 Å². The number of aryl methyl sites for hydroxylation is 1. The smallest absolute Gasteiger partial charge is 0.269 e. The summed E-state index contributed by atoms with van der Waals surface area (Å²) in [6, 6.07) is 0. The van der Waals surface area contributed by atoms with Crippen LogP contribution in [-0.4, -0.2) is 36.9 Å². The van der Waals surface area contributed by atoms with Gasteiger partial charge in [0.05, 0.1) is 6.61 Å². The first-order chi connectivity index (χ1) is 10.7. The van der Waals surface area contributed by atoms with Gasteiger partial charge in [0.1, 0.15) is 6.33 Å². The standard InChI is InChI=1S/C13H14N6O3/c1-18-13(21)19-8-14-10(11(19)15-17-18)12(20)16-22-7-9-5-3-2-4-6-9/h3,5-6,8H,2,4,7H2,1H3,(H,16,20). The number of allylic oxidation sites excluding steroid dienone is 2. The van der Waals surface area contributed by atoms with Gasteiger partial charge >= 0.3 is 5.69 Å². The third-order valence-electron chi connectivity index (χ3n) is 3.19. The van der Waals surface area contributed by atoms with Crippen molar-refractivity contribution < 1.29 is 9.63 Å². The lowest BCUT2D eigenvalue weighted by Gasteiger charge is -2.07. The molecular formula is C13H14N6O3. The summed E-state index contributed by atoms with van der Waals surface area (Å²) < 4.78 is 2.20. The lowest BCUT2D eigenvalue weighted by molar-refractivity contribution is 0.0402. The molecule has 0 saturated heterocycles. The maximum Gasteiger partial charge on any atom is 0.352 e. The molecule has 1 aliphatic carbocycles. The van der Waals surface area contributed by atoms with Crippen LogP contribution in [0, 0.1) is 0 Å². The molecule has 2 aromatic rings. The van der Waals surface area contributed by atoms with Crippen molar-refractivity contribution >= 4 is 11.6 Å². The molecule has 0 aliphatic heterocycles. The summed E-state index contributed by atoms with van der Waals surface area (Å²) in [6.45, 7) is 0.265. The van der Waals surface area contributed by atoms with E-state index in [9.17, 15) is 9.59 Å². The normalized spacial score (nSPS) is 14.1. The molecule has 2 heterocycles. The Morgan fingerprint density at radius 1 is 1.45 bits per heavy atom. The molecule has 1 amide bonds. The van der Waals surface area contributed by atoms with Crippen molar-refractivity contribution in [2.45, 2.75) is 12.8 Å². The number of hydrogen-bond donors (Lipinski definition) is 1. The summed E-state index contributed by atoms with van der Waals surface area (Å²) in [6.07, 6.45) is 9.27. The second-order valence-electron chi connectivity index (χ2n) is 4.76. The molecule has 0 atom stereocenters. The Kier molecular flexibility index (Phi) is 3.79. The number of imidazole rings is 1. The van der Waals surface area contributed by atoms with Crippen LogP contribution < -0.4 is 11.2 Å². The van der Waals surface area contributed by atoms with Gasteiger partial charge in [0.2, 0.25) is 0 Å².